The lowest BCUT2D eigenvalue weighted by Gasteiger charge is -2.24. The molecule has 0 bridgehead atoms. The summed E-state index contributed by atoms with van der Waals surface area (Å²) in [7, 11) is 3.31. The molecule has 0 aliphatic rings. The molecule has 1 aromatic rings. The average Bonchev–Trinajstić information content (AvgIpc) is 2.35. The second-order valence-corrected chi connectivity index (χ2v) is 5.36. The largest absolute Gasteiger partial charge is 0.493 e. The fraction of sp³-hybridized carbons (Fsp3) is 0.571. The highest BCUT2D eigenvalue weighted by Crippen LogP contribution is 2.37. The minimum Gasteiger partial charge on any atom is -0.493 e. The zero-order valence-corrected chi connectivity index (χ0v) is 13.3. The maximum atomic E-state index is 5.37. The molecule has 0 amide bonds. The van der Waals surface area contributed by atoms with Crippen molar-refractivity contribution in [2.75, 3.05) is 20.8 Å². The third-order valence-corrected chi connectivity index (χ3v) is 3.62. The molecule has 0 heterocycles. The maximum absolute atomic E-state index is 5.37. The van der Waals surface area contributed by atoms with Gasteiger partial charge in [-0.2, -0.15) is 0 Å². The van der Waals surface area contributed by atoms with Gasteiger partial charge in [-0.15, -0.1) is 0 Å². The third kappa shape index (κ3) is 3.39. The van der Waals surface area contributed by atoms with E-state index in [2.05, 4.69) is 42.0 Å². The van der Waals surface area contributed by atoms with Crippen LogP contribution in [0.4, 0.5) is 0 Å². The van der Waals surface area contributed by atoms with Crippen molar-refractivity contribution in [3.8, 4) is 11.5 Å². The Balaban J connectivity index is 3.21. The fourth-order valence-corrected chi connectivity index (χ4v) is 2.60. The summed E-state index contributed by atoms with van der Waals surface area (Å²) in [6.07, 6.45) is 0. The van der Waals surface area contributed by atoms with Gasteiger partial charge in [0.1, 0.15) is 0 Å². The highest BCUT2D eigenvalue weighted by molar-refractivity contribution is 9.10. The first-order valence-electron chi connectivity index (χ1n) is 6.19. The molecule has 0 aromatic heterocycles. The Morgan fingerprint density at radius 1 is 1.17 bits per heavy atom. The van der Waals surface area contributed by atoms with Crippen LogP contribution >= 0.6 is 15.9 Å². The highest BCUT2D eigenvalue weighted by atomic mass is 79.9. The summed E-state index contributed by atoms with van der Waals surface area (Å²) in [5, 5.41) is 3.50. The monoisotopic (exact) mass is 315 g/mol. The van der Waals surface area contributed by atoms with E-state index < -0.39 is 0 Å². The van der Waals surface area contributed by atoms with E-state index in [-0.39, 0.29) is 0 Å². The van der Waals surface area contributed by atoms with Crippen LogP contribution in [0.15, 0.2) is 16.6 Å². The van der Waals surface area contributed by atoms with Crippen LogP contribution in [-0.2, 0) is 0 Å². The van der Waals surface area contributed by atoms with Gasteiger partial charge in [-0.25, -0.2) is 0 Å². The van der Waals surface area contributed by atoms with Crippen molar-refractivity contribution in [2.45, 2.75) is 26.8 Å². The van der Waals surface area contributed by atoms with Crippen LogP contribution in [0.25, 0.3) is 0 Å². The topological polar surface area (TPSA) is 30.5 Å². The van der Waals surface area contributed by atoms with Crippen molar-refractivity contribution in [3.05, 3.63) is 22.2 Å². The number of nitrogens with one attached hydrogen (secondary N) is 1. The third-order valence-electron chi connectivity index (χ3n) is 2.93. The lowest BCUT2D eigenvalue weighted by Crippen LogP contribution is -2.25. The molecule has 102 valence electrons. The van der Waals surface area contributed by atoms with Crippen LogP contribution in [0.5, 0.6) is 11.5 Å². The van der Waals surface area contributed by atoms with Gasteiger partial charge in [-0.3, -0.25) is 0 Å². The summed E-state index contributed by atoms with van der Waals surface area (Å²) >= 11 is 3.61. The molecule has 0 spiro atoms. The van der Waals surface area contributed by atoms with Crippen LogP contribution in [0.1, 0.15) is 32.4 Å². The highest BCUT2D eigenvalue weighted by Gasteiger charge is 2.20. The predicted molar refractivity (Wildman–Crippen MR) is 78.5 cm³/mol. The summed E-state index contributed by atoms with van der Waals surface area (Å²) in [6, 6.07) is 4.29. The first-order chi connectivity index (χ1) is 8.54. The van der Waals surface area contributed by atoms with Crippen LogP contribution in [-0.4, -0.2) is 20.8 Å². The molecular formula is C14H22BrNO2. The molecule has 1 atom stereocenters. The Bertz CT molecular complexity index is 394. The second kappa shape index (κ2) is 7.00. The lowest BCUT2D eigenvalue weighted by atomic mass is 9.95. The van der Waals surface area contributed by atoms with E-state index in [1.165, 1.54) is 5.56 Å². The molecule has 3 nitrogen and oxygen atoms in total. The Kier molecular flexibility index (Phi) is 5.96. The van der Waals surface area contributed by atoms with Crippen molar-refractivity contribution in [3.63, 3.8) is 0 Å². The number of methoxy groups -OCH3 is 2. The molecule has 4 heteroatoms. The predicted octanol–water partition coefficient (Wildman–Crippen LogP) is 3.77. The van der Waals surface area contributed by atoms with Crippen molar-refractivity contribution in [1.82, 2.24) is 5.32 Å². The van der Waals surface area contributed by atoms with Crippen molar-refractivity contribution in [2.24, 2.45) is 5.92 Å². The van der Waals surface area contributed by atoms with E-state index in [0.29, 0.717) is 12.0 Å². The SMILES string of the molecule is CCNC(c1cc(OC)c(OC)cc1Br)C(C)C. The van der Waals surface area contributed by atoms with Gasteiger partial charge in [-0.1, -0.05) is 36.7 Å². The minimum atomic E-state index is 0.296. The Hall–Kier alpha value is -0.740. The van der Waals surface area contributed by atoms with Gasteiger partial charge >= 0.3 is 0 Å². The zero-order valence-electron chi connectivity index (χ0n) is 11.7. The second-order valence-electron chi connectivity index (χ2n) is 4.51. The van der Waals surface area contributed by atoms with Gasteiger partial charge in [-0.05, 0) is 30.2 Å². The van der Waals surface area contributed by atoms with Crippen molar-refractivity contribution in [1.29, 1.82) is 0 Å². The molecule has 0 radical (unpaired) electrons. The van der Waals surface area contributed by atoms with Crippen LogP contribution in [0.3, 0.4) is 0 Å². The first-order valence-corrected chi connectivity index (χ1v) is 6.99. The number of rotatable bonds is 6. The van der Waals surface area contributed by atoms with Gasteiger partial charge < -0.3 is 14.8 Å². The van der Waals surface area contributed by atoms with Crippen LogP contribution < -0.4 is 14.8 Å². The Morgan fingerprint density at radius 2 is 1.72 bits per heavy atom. The fourth-order valence-electron chi connectivity index (χ4n) is 2.03. The quantitative estimate of drug-likeness (QED) is 0.866. The van der Waals surface area contributed by atoms with Gasteiger partial charge in [0.2, 0.25) is 0 Å². The molecule has 1 aromatic carbocycles. The Morgan fingerprint density at radius 3 is 2.17 bits per heavy atom. The number of hydrogen-bond acceptors (Lipinski definition) is 3. The van der Waals surface area contributed by atoms with Crippen molar-refractivity contribution < 1.29 is 9.47 Å². The van der Waals surface area contributed by atoms with E-state index in [4.69, 9.17) is 9.47 Å². The smallest absolute Gasteiger partial charge is 0.161 e. The summed E-state index contributed by atoms with van der Waals surface area (Å²) in [6.45, 7) is 7.46. The number of halogens is 1. The number of hydrogen-bond donors (Lipinski definition) is 1. The van der Waals surface area contributed by atoms with Gasteiger partial charge in [0.05, 0.1) is 14.2 Å². The number of ether oxygens (including phenoxy) is 2. The van der Waals surface area contributed by atoms with E-state index in [1.807, 2.05) is 12.1 Å². The average molecular weight is 316 g/mol. The molecule has 0 fully saturated rings. The Labute approximate surface area is 118 Å². The molecule has 1 rings (SSSR count). The van der Waals surface area contributed by atoms with Crippen LogP contribution in [0, 0.1) is 5.92 Å². The lowest BCUT2D eigenvalue weighted by molar-refractivity contribution is 0.351. The van der Waals surface area contributed by atoms with E-state index >= 15 is 0 Å². The summed E-state index contributed by atoms with van der Waals surface area (Å²) < 4.78 is 11.7. The summed E-state index contributed by atoms with van der Waals surface area (Å²) in [5.41, 5.74) is 1.20. The zero-order chi connectivity index (χ0) is 13.7. The maximum Gasteiger partial charge on any atom is 0.161 e. The van der Waals surface area contributed by atoms with E-state index in [0.717, 1.165) is 22.5 Å². The molecule has 0 aliphatic heterocycles. The molecule has 1 unspecified atom stereocenters. The van der Waals surface area contributed by atoms with E-state index in [9.17, 15) is 0 Å². The molecule has 18 heavy (non-hydrogen) atoms. The first kappa shape index (κ1) is 15.3. The molecule has 0 saturated heterocycles. The summed E-state index contributed by atoms with van der Waals surface area (Å²) in [5.74, 6) is 2.01. The minimum absolute atomic E-state index is 0.296. The number of benzene rings is 1. The summed E-state index contributed by atoms with van der Waals surface area (Å²) in [4.78, 5) is 0. The molecule has 1 N–H and O–H groups in total. The normalized spacial score (nSPS) is 12.6. The standard InChI is InChI=1S/C14H22BrNO2/c1-6-16-14(9(2)3)10-7-12(17-4)13(18-5)8-11(10)15/h7-9,14,16H,6H2,1-5H3. The molecule has 0 saturated carbocycles. The van der Waals surface area contributed by atoms with Crippen molar-refractivity contribution >= 4 is 15.9 Å². The van der Waals surface area contributed by atoms with Gasteiger partial charge in [0.15, 0.2) is 11.5 Å². The molecule has 0 aliphatic carbocycles. The van der Waals surface area contributed by atoms with Crippen LogP contribution in [0.2, 0.25) is 0 Å². The molecular weight excluding hydrogens is 294 g/mol. The van der Waals surface area contributed by atoms with E-state index in [1.54, 1.807) is 14.2 Å². The van der Waals surface area contributed by atoms with Gasteiger partial charge in [0, 0.05) is 10.5 Å². The van der Waals surface area contributed by atoms with Gasteiger partial charge in [0.25, 0.3) is 0 Å².